The second-order valence-corrected chi connectivity index (χ2v) is 8.13. The Kier molecular flexibility index (Phi) is 5.79. The number of nitrogens with zero attached hydrogens (tertiary/aromatic N) is 3. The van der Waals surface area contributed by atoms with E-state index in [1.165, 1.54) is 19.2 Å². The van der Waals surface area contributed by atoms with E-state index in [1.807, 2.05) is 11.9 Å². The van der Waals surface area contributed by atoms with Gasteiger partial charge < -0.3 is 9.80 Å². The second-order valence-electron chi connectivity index (χ2n) is 6.24. The molecule has 0 bridgehead atoms. The Labute approximate surface area is 142 Å². The predicted molar refractivity (Wildman–Crippen MR) is 92.8 cm³/mol. The third-order valence-electron chi connectivity index (χ3n) is 4.50. The third kappa shape index (κ3) is 4.22. The van der Waals surface area contributed by atoms with E-state index in [2.05, 4.69) is 16.7 Å². The Morgan fingerprint density at radius 1 is 1.38 bits per heavy atom. The number of likely N-dealkylation sites (tertiary alicyclic amines) is 1. The molecule has 9 heteroatoms. The first-order valence-corrected chi connectivity index (χ1v) is 9.34. The van der Waals surface area contributed by atoms with Gasteiger partial charge in [-0.2, -0.15) is 0 Å². The highest BCUT2D eigenvalue weighted by Crippen LogP contribution is 2.31. The molecule has 0 aliphatic carbocycles. The van der Waals surface area contributed by atoms with Crippen LogP contribution < -0.4 is 9.62 Å². The van der Waals surface area contributed by atoms with Gasteiger partial charge in [-0.25, -0.2) is 13.1 Å². The zero-order valence-corrected chi connectivity index (χ0v) is 15.0. The summed E-state index contributed by atoms with van der Waals surface area (Å²) in [5.74, 6) is 0.478. The van der Waals surface area contributed by atoms with Crippen LogP contribution in [0.25, 0.3) is 0 Å². The zero-order chi connectivity index (χ0) is 17.9. The van der Waals surface area contributed by atoms with E-state index in [4.69, 9.17) is 0 Å². The van der Waals surface area contributed by atoms with Gasteiger partial charge in [0.05, 0.1) is 9.82 Å². The van der Waals surface area contributed by atoms with E-state index in [0.717, 1.165) is 32.0 Å². The van der Waals surface area contributed by atoms with Gasteiger partial charge in [0.15, 0.2) is 0 Å². The molecule has 24 heavy (non-hydrogen) atoms. The topological polar surface area (TPSA) is 95.8 Å². The maximum absolute atomic E-state index is 11.9. The van der Waals surface area contributed by atoms with Gasteiger partial charge in [0.2, 0.25) is 10.0 Å². The second kappa shape index (κ2) is 7.45. The van der Waals surface area contributed by atoms with Crippen molar-refractivity contribution in [3.8, 4) is 0 Å². The van der Waals surface area contributed by atoms with Crippen LogP contribution in [0.15, 0.2) is 23.1 Å². The van der Waals surface area contributed by atoms with Crippen molar-refractivity contribution >= 4 is 21.4 Å². The highest BCUT2D eigenvalue weighted by atomic mass is 32.2. The molecule has 0 aromatic heterocycles. The van der Waals surface area contributed by atoms with Crippen molar-refractivity contribution in [2.75, 3.05) is 45.7 Å². The molecule has 0 unspecified atom stereocenters. The average Bonchev–Trinajstić information content (AvgIpc) is 2.56. The molecule has 0 radical (unpaired) electrons. The molecule has 1 saturated heterocycles. The fourth-order valence-electron chi connectivity index (χ4n) is 2.99. The highest BCUT2D eigenvalue weighted by Gasteiger charge is 2.25. The maximum atomic E-state index is 11.9. The summed E-state index contributed by atoms with van der Waals surface area (Å²) >= 11 is 0. The number of nitro benzene ring substituents is 1. The fraction of sp³-hybridized carbons (Fsp3) is 0.600. The number of anilines is 1. The summed E-state index contributed by atoms with van der Waals surface area (Å²) in [5.41, 5.74) is 0.246. The highest BCUT2D eigenvalue weighted by molar-refractivity contribution is 7.89. The molecule has 1 aromatic carbocycles. The zero-order valence-electron chi connectivity index (χ0n) is 14.2. The Balaban J connectivity index is 2.24. The Bertz CT molecular complexity index is 699. The van der Waals surface area contributed by atoms with Crippen LogP contribution in [0.5, 0.6) is 0 Å². The standard InChI is InChI=1S/C15H24N4O4S/c1-16-24(22,23)13-4-5-14(15(10-13)19(20)21)18(3)11-12-6-8-17(2)9-7-12/h4-5,10,12,16H,6-9,11H2,1-3H3. The van der Waals surface area contributed by atoms with Crippen LogP contribution in [-0.4, -0.2) is 59.0 Å². The van der Waals surface area contributed by atoms with Crippen molar-refractivity contribution in [3.63, 3.8) is 0 Å². The van der Waals surface area contributed by atoms with E-state index >= 15 is 0 Å². The number of hydrogen-bond donors (Lipinski definition) is 1. The van der Waals surface area contributed by atoms with Crippen LogP contribution in [0.4, 0.5) is 11.4 Å². The van der Waals surface area contributed by atoms with Crippen molar-refractivity contribution in [1.29, 1.82) is 0 Å². The van der Waals surface area contributed by atoms with Crippen LogP contribution in [0.2, 0.25) is 0 Å². The van der Waals surface area contributed by atoms with E-state index in [9.17, 15) is 18.5 Å². The molecule has 1 aliphatic rings. The summed E-state index contributed by atoms with van der Waals surface area (Å²) < 4.78 is 25.9. The first-order valence-electron chi connectivity index (χ1n) is 7.86. The summed E-state index contributed by atoms with van der Waals surface area (Å²) in [4.78, 5) is 14.9. The van der Waals surface area contributed by atoms with Gasteiger partial charge in [-0.1, -0.05) is 0 Å². The third-order valence-corrected chi connectivity index (χ3v) is 5.92. The maximum Gasteiger partial charge on any atom is 0.293 e. The first kappa shape index (κ1) is 18.6. The smallest absolute Gasteiger partial charge is 0.293 e. The number of hydrogen-bond acceptors (Lipinski definition) is 6. The molecule has 0 atom stereocenters. The number of nitro groups is 1. The predicted octanol–water partition coefficient (Wildman–Crippen LogP) is 1.28. The van der Waals surface area contributed by atoms with Crippen molar-refractivity contribution in [2.45, 2.75) is 17.7 Å². The number of rotatable bonds is 6. The minimum atomic E-state index is -3.71. The van der Waals surface area contributed by atoms with Crippen LogP contribution in [0, 0.1) is 16.0 Å². The number of sulfonamides is 1. The molecular formula is C15H24N4O4S. The molecular weight excluding hydrogens is 332 g/mol. The van der Waals surface area contributed by atoms with E-state index in [0.29, 0.717) is 18.2 Å². The summed E-state index contributed by atoms with van der Waals surface area (Å²) in [6, 6.07) is 4.03. The van der Waals surface area contributed by atoms with Gasteiger partial charge >= 0.3 is 0 Å². The van der Waals surface area contributed by atoms with Crippen LogP contribution in [0.1, 0.15) is 12.8 Å². The summed E-state index contributed by atoms with van der Waals surface area (Å²) in [6.07, 6.45) is 2.11. The van der Waals surface area contributed by atoms with Gasteiger partial charge in [-0.3, -0.25) is 10.1 Å². The van der Waals surface area contributed by atoms with E-state index in [1.54, 1.807) is 0 Å². The molecule has 1 aromatic rings. The monoisotopic (exact) mass is 356 g/mol. The number of benzene rings is 1. The van der Waals surface area contributed by atoms with Gasteiger partial charge in [0.1, 0.15) is 5.69 Å². The van der Waals surface area contributed by atoms with Gasteiger partial charge in [0, 0.05) is 19.7 Å². The largest absolute Gasteiger partial charge is 0.369 e. The summed E-state index contributed by atoms with van der Waals surface area (Å²) in [5, 5.41) is 11.4. The molecule has 8 nitrogen and oxygen atoms in total. The molecule has 2 rings (SSSR count). The van der Waals surface area contributed by atoms with E-state index < -0.39 is 14.9 Å². The quantitative estimate of drug-likeness (QED) is 0.609. The number of nitrogens with one attached hydrogen (secondary N) is 1. The Morgan fingerprint density at radius 2 is 2.00 bits per heavy atom. The molecule has 0 amide bonds. The van der Waals surface area contributed by atoms with Gasteiger partial charge in [0.25, 0.3) is 5.69 Å². The van der Waals surface area contributed by atoms with Crippen LogP contribution >= 0.6 is 0 Å². The molecule has 0 saturated carbocycles. The molecule has 1 heterocycles. The Morgan fingerprint density at radius 3 is 2.54 bits per heavy atom. The molecule has 0 spiro atoms. The van der Waals surface area contributed by atoms with Crippen LogP contribution in [0.3, 0.4) is 0 Å². The van der Waals surface area contributed by atoms with Crippen molar-refractivity contribution in [1.82, 2.24) is 9.62 Å². The summed E-state index contributed by atoms with van der Waals surface area (Å²) in [7, 11) is 1.47. The summed E-state index contributed by atoms with van der Waals surface area (Å²) in [6.45, 7) is 2.77. The lowest BCUT2D eigenvalue weighted by molar-refractivity contribution is -0.384. The molecule has 1 aliphatic heterocycles. The Hall–Kier alpha value is -1.71. The average molecular weight is 356 g/mol. The van der Waals surface area contributed by atoms with Gasteiger partial charge in [-0.05, 0) is 58.1 Å². The lowest BCUT2D eigenvalue weighted by Crippen LogP contribution is -2.35. The van der Waals surface area contributed by atoms with Crippen molar-refractivity contribution < 1.29 is 13.3 Å². The molecule has 1 N–H and O–H groups in total. The molecule has 1 fully saturated rings. The van der Waals surface area contributed by atoms with Crippen molar-refractivity contribution in [2.24, 2.45) is 5.92 Å². The number of piperidine rings is 1. The minimum absolute atomic E-state index is 0.104. The fourth-order valence-corrected chi connectivity index (χ4v) is 3.74. The van der Waals surface area contributed by atoms with Gasteiger partial charge in [-0.15, -0.1) is 0 Å². The first-order chi connectivity index (χ1) is 11.2. The van der Waals surface area contributed by atoms with Crippen molar-refractivity contribution in [3.05, 3.63) is 28.3 Å². The lowest BCUT2D eigenvalue weighted by Gasteiger charge is -2.32. The lowest BCUT2D eigenvalue weighted by atomic mass is 9.96. The SMILES string of the molecule is CNS(=O)(=O)c1ccc(N(C)CC2CCN(C)CC2)c([N+](=O)[O-])c1. The minimum Gasteiger partial charge on any atom is -0.369 e. The van der Waals surface area contributed by atoms with Crippen LogP contribution in [-0.2, 0) is 10.0 Å². The molecule has 134 valence electrons. The van der Waals surface area contributed by atoms with E-state index in [-0.39, 0.29) is 10.6 Å². The normalized spacial score (nSPS) is 17.0.